The van der Waals surface area contributed by atoms with Crippen LogP contribution in [0, 0.1) is 0 Å². The van der Waals surface area contributed by atoms with Crippen molar-refractivity contribution in [3.05, 3.63) is 72.1 Å². The zero-order valence-electron chi connectivity index (χ0n) is 25.0. The molecular weight excluding hydrogens is 588 g/mol. The molecule has 0 N–H and O–H groups in total. The Morgan fingerprint density at radius 3 is 1.87 bits per heavy atom. The van der Waals surface area contributed by atoms with Gasteiger partial charge in [-0.3, -0.25) is 0 Å². The fourth-order valence-electron chi connectivity index (χ4n) is 3.30. The van der Waals surface area contributed by atoms with Crippen molar-refractivity contribution in [2.24, 2.45) is 0 Å². The van der Waals surface area contributed by atoms with Gasteiger partial charge in [0.2, 0.25) is 0 Å². The van der Waals surface area contributed by atoms with Gasteiger partial charge >= 0.3 is 246 Å². The summed E-state index contributed by atoms with van der Waals surface area (Å²) >= 11 is 1.48. The third kappa shape index (κ3) is 10.9. The topological polar surface area (TPSA) is 35.5 Å². The summed E-state index contributed by atoms with van der Waals surface area (Å²) in [5.74, 6) is 0. The predicted molar refractivity (Wildman–Crippen MR) is 172 cm³/mol. The van der Waals surface area contributed by atoms with Crippen LogP contribution >= 0.6 is 11.8 Å². The number of carbonyl (C=O) groups excluding carboxylic acids is 1. The first-order valence-corrected chi connectivity index (χ1v) is 21.9. The van der Waals surface area contributed by atoms with Gasteiger partial charge in [0.15, 0.2) is 0 Å². The van der Waals surface area contributed by atoms with Crippen LogP contribution in [0.5, 0.6) is 0 Å². The Labute approximate surface area is 245 Å². The summed E-state index contributed by atoms with van der Waals surface area (Å²) < 4.78 is 15.3. The first-order chi connectivity index (χ1) is 17.5. The van der Waals surface area contributed by atoms with E-state index in [1.54, 1.807) is 11.8 Å². The van der Waals surface area contributed by atoms with Crippen molar-refractivity contribution in [2.45, 2.75) is 108 Å². The van der Waals surface area contributed by atoms with Crippen LogP contribution in [0.4, 0.5) is 0 Å². The van der Waals surface area contributed by atoms with E-state index in [1.807, 2.05) is 24.3 Å². The quantitative estimate of drug-likeness (QED) is 0.164. The Morgan fingerprint density at radius 1 is 0.842 bits per heavy atom. The average Bonchev–Trinajstić information content (AvgIpc) is 2.78. The molecule has 210 valence electrons. The summed E-state index contributed by atoms with van der Waals surface area (Å²) in [7, 11) is -4.14. The summed E-state index contributed by atoms with van der Waals surface area (Å²) in [5, 5.41) is 2.30. The third-order valence-electron chi connectivity index (χ3n) is 7.62. The van der Waals surface area contributed by atoms with E-state index in [4.69, 9.17) is 8.85 Å². The zero-order valence-corrected chi connectivity index (χ0v) is 29.6. The molecule has 2 aromatic rings. The van der Waals surface area contributed by atoms with Gasteiger partial charge in [-0.05, 0) is 0 Å². The SMILES string of the molecule is CC(C)(C)[Si](C)(C)O[C@H](CC(=O)[Se]c1ccccc1)C[C@@H](/C=C/Sc1ccccc1)O[Si](C)(C)C(C)(C)C. The van der Waals surface area contributed by atoms with Crippen molar-refractivity contribution in [1.82, 2.24) is 0 Å². The molecule has 0 bridgehead atoms. The van der Waals surface area contributed by atoms with Gasteiger partial charge in [-0.1, -0.05) is 0 Å². The van der Waals surface area contributed by atoms with E-state index in [1.165, 1.54) is 4.90 Å². The van der Waals surface area contributed by atoms with Gasteiger partial charge in [0.25, 0.3) is 0 Å². The summed E-state index contributed by atoms with van der Waals surface area (Å²) in [6.45, 7) is 22.7. The fraction of sp³-hybridized carbons (Fsp3) is 0.516. The summed E-state index contributed by atoms with van der Waals surface area (Å²) in [6.07, 6.45) is 3.02. The van der Waals surface area contributed by atoms with Crippen molar-refractivity contribution in [3.63, 3.8) is 0 Å². The van der Waals surface area contributed by atoms with Crippen LogP contribution in [0.25, 0.3) is 0 Å². The molecule has 0 amide bonds. The molecule has 0 fully saturated rings. The normalized spacial score (nSPS) is 15.0. The van der Waals surface area contributed by atoms with Gasteiger partial charge < -0.3 is 0 Å². The second-order valence-corrected chi connectivity index (χ2v) is 25.8. The summed E-state index contributed by atoms with van der Waals surface area (Å²) in [6, 6.07) is 20.5. The van der Waals surface area contributed by atoms with Gasteiger partial charge in [0.1, 0.15) is 0 Å². The molecule has 2 aromatic carbocycles. The second kappa shape index (κ2) is 14.1. The van der Waals surface area contributed by atoms with Crippen LogP contribution in [-0.4, -0.2) is 48.5 Å². The van der Waals surface area contributed by atoms with Gasteiger partial charge in [-0.25, -0.2) is 0 Å². The van der Waals surface area contributed by atoms with Crippen LogP contribution in [-0.2, 0) is 13.6 Å². The molecule has 0 radical (unpaired) electrons. The third-order valence-corrected chi connectivity index (χ3v) is 19.4. The van der Waals surface area contributed by atoms with Gasteiger partial charge in [0.05, 0.1) is 0 Å². The molecular formula is C31H48O3SSeSi2. The number of benzene rings is 2. The maximum atomic E-state index is 13.3. The van der Waals surface area contributed by atoms with E-state index >= 15 is 0 Å². The standard InChI is InChI=1S/C31H48O3SSeSi2/c1-30(2,3)37(7,8)33-25(21-22-35-27-17-13-11-14-18-27)23-26(34-38(9,10)31(4,5)6)24-29(32)36-28-19-15-12-16-20-28/h11-22,25-26H,23-24H2,1-10H3/b22-21+/t25-,26+/m1/s1. The number of hydrogen-bond acceptors (Lipinski definition) is 4. The first-order valence-electron chi connectivity index (χ1n) is 13.5. The van der Waals surface area contributed by atoms with Gasteiger partial charge in [0, 0.05) is 0 Å². The van der Waals surface area contributed by atoms with Crippen molar-refractivity contribution < 1.29 is 13.6 Å². The molecule has 0 saturated carbocycles. The maximum absolute atomic E-state index is 13.3. The van der Waals surface area contributed by atoms with Crippen LogP contribution in [0.1, 0.15) is 54.4 Å². The Bertz CT molecular complexity index is 1030. The number of thioether (sulfide) groups is 1. The Morgan fingerprint density at radius 2 is 1.34 bits per heavy atom. The van der Waals surface area contributed by atoms with Crippen LogP contribution in [0.15, 0.2) is 77.0 Å². The van der Waals surface area contributed by atoms with E-state index < -0.39 is 16.6 Å². The number of rotatable bonds is 13. The molecule has 0 aromatic heterocycles. The van der Waals surface area contributed by atoms with E-state index in [0.717, 1.165) is 4.46 Å². The molecule has 0 aliphatic rings. The number of carbonyl (C=O) groups is 1. The van der Waals surface area contributed by atoms with E-state index in [9.17, 15) is 4.79 Å². The molecule has 3 nitrogen and oxygen atoms in total. The van der Waals surface area contributed by atoms with Crippen molar-refractivity contribution in [2.75, 3.05) is 0 Å². The van der Waals surface area contributed by atoms with Crippen molar-refractivity contribution in [3.8, 4) is 0 Å². The minimum absolute atomic E-state index is 0.0632. The molecule has 0 saturated heterocycles. The average molecular weight is 636 g/mol. The van der Waals surface area contributed by atoms with Crippen LogP contribution in [0.2, 0.25) is 36.3 Å². The molecule has 0 aliphatic heterocycles. The molecule has 0 heterocycles. The Hall–Kier alpha value is -0.927. The van der Waals surface area contributed by atoms with Crippen molar-refractivity contribution >= 4 is 52.5 Å². The molecule has 0 aliphatic carbocycles. The molecule has 0 unspecified atom stereocenters. The zero-order chi connectivity index (χ0) is 28.6. The molecule has 2 atom stereocenters. The first kappa shape index (κ1) is 33.3. The Kier molecular flexibility index (Phi) is 12.4. The molecule has 0 spiro atoms. The minimum atomic E-state index is -2.09. The summed E-state index contributed by atoms with van der Waals surface area (Å²) in [5.41, 5.74) is 0. The summed E-state index contributed by atoms with van der Waals surface area (Å²) in [4.78, 5) is 14.5. The monoisotopic (exact) mass is 636 g/mol. The van der Waals surface area contributed by atoms with Gasteiger partial charge in [-0.2, -0.15) is 0 Å². The predicted octanol–water partition coefficient (Wildman–Crippen LogP) is 8.41. The Balaban J connectivity index is 2.31. The van der Waals surface area contributed by atoms with Crippen LogP contribution < -0.4 is 4.46 Å². The van der Waals surface area contributed by atoms with Crippen LogP contribution in [0.3, 0.4) is 0 Å². The van der Waals surface area contributed by atoms with E-state index in [0.29, 0.717) is 12.8 Å². The van der Waals surface area contributed by atoms with E-state index in [-0.39, 0.29) is 41.9 Å². The van der Waals surface area contributed by atoms with E-state index in [2.05, 4.69) is 116 Å². The fourth-order valence-corrected chi connectivity index (χ4v) is 8.41. The second-order valence-electron chi connectivity index (χ2n) is 12.9. The van der Waals surface area contributed by atoms with Crippen molar-refractivity contribution in [1.29, 1.82) is 0 Å². The van der Waals surface area contributed by atoms with Gasteiger partial charge in [-0.15, -0.1) is 0 Å². The molecule has 7 heteroatoms. The number of hydrogen-bond donors (Lipinski definition) is 0. The molecule has 2 rings (SSSR count). The molecule has 38 heavy (non-hydrogen) atoms.